The maximum atomic E-state index is 13.9. The van der Waals surface area contributed by atoms with E-state index in [1.807, 2.05) is 6.07 Å². The maximum absolute atomic E-state index is 13.9. The van der Waals surface area contributed by atoms with Crippen molar-refractivity contribution in [3.05, 3.63) is 54.5 Å². The van der Waals surface area contributed by atoms with Crippen molar-refractivity contribution in [3.8, 4) is 11.8 Å². The quantitative estimate of drug-likeness (QED) is 0.0256. The first kappa shape index (κ1) is 46.8. The number of hydrogen-bond acceptors (Lipinski definition) is 13. The number of nitrogens with zero attached hydrogens (tertiary/aromatic N) is 4. The van der Waals surface area contributed by atoms with Crippen molar-refractivity contribution in [1.29, 1.82) is 5.26 Å². The second kappa shape index (κ2) is 26.3. The molecule has 0 radical (unpaired) electrons. The van der Waals surface area contributed by atoms with E-state index in [-0.39, 0.29) is 23.9 Å². The molecule has 3 aromatic rings. The monoisotopic (exact) mass is 802 g/mol. The number of unbranched alkanes of at least 4 members (excludes halogenated alkanes) is 13. The molecular formula is C40H63N6O9P. The lowest BCUT2D eigenvalue weighted by molar-refractivity contribution is -0.145. The minimum atomic E-state index is -4.39. The fourth-order valence-corrected chi connectivity index (χ4v) is 7.66. The number of nitrogens with one attached hydrogen (secondary N) is 1. The van der Waals surface area contributed by atoms with Crippen LogP contribution in [0.1, 0.15) is 122 Å². The normalized spacial score (nSPS) is 15.4. The fraction of sp³-hybridized carbons (Fsp3) is 0.650. The van der Waals surface area contributed by atoms with Gasteiger partial charge < -0.3 is 35.1 Å². The summed E-state index contributed by atoms with van der Waals surface area (Å²) in [5, 5.41) is 49.0. The number of hydrogen-bond donors (Lipinski definition) is 5. The van der Waals surface area contributed by atoms with Gasteiger partial charge in [0.2, 0.25) is 0 Å². The third kappa shape index (κ3) is 16.5. The van der Waals surface area contributed by atoms with E-state index in [4.69, 9.17) is 24.3 Å². The van der Waals surface area contributed by atoms with Crippen LogP contribution in [0.3, 0.4) is 0 Å². The number of esters is 1. The first-order valence-electron chi connectivity index (χ1n) is 20.1. The van der Waals surface area contributed by atoms with Crippen LogP contribution in [0.4, 0.5) is 5.82 Å². The number of nitrogen functional groups attached to an aromatic ring is 1. The summed E-state index contributed by atoms with van der Waals surface area (Å²) in [6, 6.07) is 11.7. The van der Waals surface area contributed by atoms with E-state index in [1.165, 1.54) is 113 Å². The van der Waals surface area contributed by atoms with Crippen LogP contribution < -0.4 is 15.3 Å². The second-order valence-corrected chi connectivity index (χ2v) is 15.8. The van der Waals surface area contributed by atoms with E-state index >= 15 is 0 Å². The smallest absolute Gasteiger partial charge is 0.459 e. The van der Waals surface area contributed by atoms with Crippen LogP contribution in [0, 0.1) is 17.2 Å². The van der Waals surface area contributed by atoms with Crippen molar-refractivity contribution in [2.24, 2.45) is 5.92 Å². The highest BCUT2D eigenvalue weighted by Gasteiger charge is 2.38. The van der Waals surface area contributed by atoms with E-state index in [2.05, 4.69) is 22.1 Å². The Balaban J connectivity index is 1.37. The summed E-state index contributed by atoms with van der Waals surface area (Å²) in [7, 11) is -4.39. The molecular weight excluding hydrogens is 739 g/mol. The van der Waals surface area contributed by atoms with Gasteiger partial charge in [0.1, 0.15) is 41.9 Å². The van der Waals surface area contributed by atoms with Gasteiger partial charge in [-0.2, -0.15) is 15.4 Å². The molecule has 0 saturated heterocycles. The largest absolute Gasteiger partial charge is 0.464 e. The molecule has 0 aliphatic heterocycles. The summed E-state index contributed by atoms with van der Waals surface area (Å²) in [4.78, 5) is 16.7. The van der Waals surface area contributed by atoms with Crippen LogP contribution in [-0.4, -0.2) is 80.6 Å². The van der Waals surface area contributed by atoms with Crippen molar-refractivity contribution in [2.45, 2.75) is 135 Å². The van der Waals surface area contributed by atoms with Gasteiger partial charge in [0.05, 0.1) is 30.9 Å². The number of carbonyl (C=O) groups excluding carboxylic acids is 1. The predicted octanol–water partition coefficient (Wildman–Crippen LogP) is 6.82. The summed E-state index contributed by atoms with van der Waals surface area (Å²) in [6.45, 7) is 4.15. The zero-order valence-electron chi connectivity index (χ0n) is 33.0. The number of carbonyl (C=O) groups is 1. The number of aliphatic hydroxyl groups is 3. The fourth-order valence-electron chi connectivity index (χ4n) is 6.15. The highest BCUT2D eigenvalue weighted by Crippen LogP contribution is 2.45. The van der Waals surface area contributed by atoms with Crippen molar-refractivity contribution in [2.75, 3.05) is 32.2 Å². The molecule has 6 atom stereocenters. The Morgan fingerprint density at radius 2 is 1.48 bits per heavy atom. The van der Waals surface area contributed by atoms with Gasteiger partial charge in [0.25, 0.3) is 0 Å². The van der Waals surface area contributed by atoms with Crippen LogP contribution in [0.15, 0.2) is 48.8 Å². The Morgan fingerprint density at radius 3 is 2.11 bits per heavy atom. The van der Waals surface area contributed by atoms with Gasteiger partial charge in [0, 0.05) is 19.6 Å². The van der Waals surface area contributed by atoms with Gasteiger partial charge in [0.15, 0.2) is 5.82 Å². The molecule has 56 heavy (non-hydrogen) atoms. The SMILES string of the molecule is CCCCCCCCCCCCCCCCOCCCOC(=O)[C@H](C)NP(=O)(OC[C@H](C#N)[C@@H](O)[C@@H](O)[C@@H](O)c1ccc2c(N)ncnn12)Oc1ccccc1. The number of aliphatic hydroxyl groups excluding tert-OH is 3. The van der Waals surface area contributed by atoms with E-state index in [0.717, 1.165) is 19.2 Å². The van der Waals surface area contributed by atoms with Crippen LogP contribution in [-0.2, 0) is 23.4 Å². The van der Waals surface area contributed by atoms with Gasteiger partial charge in [-0.05, 0) is 37.6 Å². The van der Waals surface area contributed by atoms with Crippen molar-refractivity contribution in [1.82, 2.24) is 19.7 Å². The zero-order chi connectivity index (χ0) is 40.6. The highest BCUT2D eigenvalue weighted by molar-refractivity contribution is 7.52. The average Bonchev–Trinajstić information content (AvgIpc) is 3.64. The number of rotatable bonds is 31. The Hall–Kier alpha value is -3.61. The molecule has 0 amide bonds. The number of aromatic nitrogens is 3. The molecule has 16 heteroatoms. The first-order chi connectivity index (χ1) is 27.1. The zero-order valence-corrected chi connectivity index (χ0v) is 33.9. The van der Waals surface area contributed by atoms with Gasteiger partial charge >= 0.3 is 13.7 Å². The molecule has 2 heterocycles. The lowest BCUT2D eigenvalue weighted by atomic mass is 9.95. The topological polar surface area (TPSA) is 224 Å². The minimum Gasteiger partial charge on any atom is -0.464 e. The minimum absolute atomic E-state index is 0.0851. The Bertz CT molecular complexity index is 1620. The molecule has 0 bridgehead atoms. The number of nitrogens with two attached hydrogens (primary N) is 1. The number of ether oxygens (including phenoxy) is 2. The molecule has 0 saturated carbocycles. The lowest BCUT2D eigenvalue weighted by Crippen LogP contribution is -2.40. The third-order valence-corrected chi connectivity index (χ3v) is 11.1. The summed E-state index contributed by atoms with van der Waals surface area (Å²) in [5.41, 5.74) is 6.30. The number of benzene rings is 1. The molecule has 2 aromatic heterocycles. The van der Waals surface area contributed by atoms with Crippen molar-refractivity contribution in [3.63, 3.8) is 0 Å². The van der Waals surface area contributed by atoms with E-state index < -0.39 is 50.6 Å². The van der Waals surface area contributed by atoms with E-state index in [9.17, 15) is 29.9 Å². The summed E-state index contributed by atoms with van der Waals surface area (Å²) in [5.74, 6) is -1.93. The Kier molecular flexibility index (Phi) is 22.0. The molecule has 0 aliphatic carbocycles. The second-order valence-electron chi connectivity index (χ2n) is 14.1. The molecule has 0 fully saturated rings. The number of anilines is 1. The summed E-state index contributed by atoms with van der Waals surface area (Å²) < 4.78 is 37.4. The molecule has 6 N–H and O–H groups in total. The highest BCUT2D eigenvalue weighted by atomic mass is 31.2. The van der Waals surface area contributed by atoms with E-state index in [0.29, 0.717) is 25.2 Å². The number of para-hydroxylation sites is 1. The van der Waals surface area contributed by atoms with E-state index in [1.54, 1.807) is 18.2 Å². The molecule has 0 aliphatic rings. The first-order valence-corrected chi connectivity index (χ1v) is 21.7. The molecule has 1 aromatic carbocycles. The average molecular weight is 803 g/mol. The summed E-state index contributed by atoms with van der Waals surface area (Å²) >= 11 is 0. The molecule has 312 valence electrons. The van der Waals surface area contributed by atoms with Gasteiger partial charge in [-0.3, -0.25) is 9.32 Å². The molecule has 3 rings (SSSR count). The Morgan fingerprint density at radius 1 is 0.875 bits per heavy atom. The van der Waals surface area contributed by atoms with Gasteiger partial charge in [-0.25, -0.2) is 14.1 Å². The van der Waals surface area contributed by atoms with Crippen LogP contribution in [0.2, 0.25) is 0 Å². The number of nitriles is 1. The number of fused-ring (bicyclic) bond motifs is 1. The van der Waals surface area contributed by atoms with Gasteiger partial charge in [-0.1, -0.05) is 109 Å². The third-order valence-electron chi connectivity index (χ3n) is 9.48. The molecule has 0 spiro atoms. The van der Waals surface area contributed by atoms with Gasteiger partial charge in [-0.15, -0.1) is 0 Å². The van der Waals surface area contributed by atoms with Crippen LogP contribution in [0.5, 0.6) is 5.75 Å². The molecule has 1 unspecified atom stereocenters. The van der Waals surface area contributed by atoms with Crippen LogP contribution in [0.25, 0.3) is 5.52 Å². The summed E-state index contributed by atoms with van der Waals surface area (Å²) in [6.07, 6.45) is 14.3. The van der Waals surface area contributed by atoms with Crippen molar-refractivity contribution < 1.29 is 43.2 Å². The predicted molar refractivity (Wildman–Crippen MR) is 213 cm³/mol. The maximum Gasteiger partial charge on any atom is 0.459 e. The Labute approximate surface area is 331 Å². The lowest BCUT2D eigenvalue weighted by Gasteiger charge is -2.27. The molecule has 15 nitrogen and oxygen atoms in total. The van der Waals surface area contributed by atoms with Crippen molar-refractivity contribution >= 4 is 25.1 Å². The van der Waals surface area contributed by atoms with Crippen LogP contribution >= 0.6 is 7.75 Å². The standard InChI is InChI=1S/C40H63N6O9P/c1-3-4-5-6-7-8-9-10-11-12-13-14-15-19-25-52-26-20-27-53-40(50)31(2)45-56(51,55-33-21-17-16-18-22-33)54-29-32(28-41)36(47)38(49)37(48)34-23-24-35-39(42)43-30-44-46(34)35/h16-18,21-24,30-32,36-38,47-49H,3-15,19-20,25-27,29H2,1-2H3,(H,45,51)(H2,42,43,44)/t31-,32-,36+,37-,38+,56?/m0/s1.